The lowest BCUT2D eigenvalue weighted by molar-refractivity contribution is -0.138. The Kier molecular flexibility index (Phi) is 3.86. The third-order valence-corrected chi connectivity index (χ3v) is 3.61. The van der Waals surface area contributed by atoms with Gasteiger partial charge in [0, 0.05) is 24.3 Å². The largest absolute Gasteiger partial charge is 0.416 e. The number of hydrogen-bond acceptors (Lipinski definition) is 3. The zero-order valence-electron chi connectivity index (χ0n) is 9.98. The number of alkyl halides is 3. The fourth-order valence-corrected chi connectivity index (χ4v) is 2.42. The van der Waals surface area contributed by atoms with E-state index in [0.717, 1.165) is 17.8 Å². The number of aryl methyl sites for hydroxylation is 1. The summed E-state index contributed by atoms with van der Waals surface area (Å²) in [5.41, 5.74) is -0.939. The molecule has 0 fully saturated rings. The Balaban J connectivity index is 2.36. The number of aliphatic hydroxyl groups is 1. The van der Waals surface area contributed by atoms with E-state index >= 15 is 0 Å². The first kappa shape index (κ1) is 14.0. The van der Waals surface area contributed by atoms with Crippen LogP contribution in [-0.4, -0.2) is 14.7 Å². The van der Waals surface area contributed by atoms with Crippen LogP contribution in [-0.2, 0) is 19.8 Å². The van der Waals surface area contributed by atoms with E-state index in [2.05, 4.69) is 4.98 Å². The van der Waals surface area contributed by atoms with E-state index in [0.29, 0.717) is 10.1 Å². The van der Waals surface area contributed by atoms with Crippen LogP contribution in [0, 0.1) is 0 Å². The van der Waals surface area contributed by atoms with Gasteiger partial charge in [-0.2, -0.15) is 13.2 Å². The molecule has 102 valence electrons. The SMILES string of the molecule is Cn1ccnc1Sc1ccc(CO)c(C(F)(F)F)c1. The van der Waals surface area contributed by atoms with Gasteiger partial charge in [-0.25, -0.2) is 4.98 Å². The van der Waals surface area contributed by atoms with E-state index in [1.165, 1.54) is 6.07 Å². The number of hydrogen-bond donors (Lipinski definition) is 1. The molecule has 0 amide bonds. The summed E-state index contributed by atoms with van der Waals surface area (Å²) in [6, 6.07) is 3.86. The summed E-state index contributed by atoms with van der Waals surface area (Å²) < 4.78 is 40.2. The van der Waals surface area contributed by atoms with Gasteiger partial charge in [-0.15, -0.1) is 0 Å². The molecule has 2 aromatic rings. The molecule has 1 N–H and O–H groups in total. The second-order valence-electron chi connectivity index (χ2n) is 3.90. The molecule has 1 heterocycles. The topological polar surface area (TPSA) is 38.0 Å². The van der Waals surface area contributed by atoms with Gasteiger partial charge < -0.3 is 9.67 Å². The van der Waals surface area contributed by atoms with E-state index in [9.17, 15) is 13.2 Å². The van der Waals surface area contributed by atoms with Gasteiger partial charge in [0.25, 0.3) is 0 Å². The molecule has 1 aromatic heterocycles. The molecule has 0 spiro atoms. The third kappa shape index (κ3) is 3.10. The number of aliphatic hydroxyl groups excluding tert-OH is 1. The number of nitrogens with zero attached hydrogens (tertiary/aromatic N) is 2. The zero-order chi connectivity index (χ0) is 14.0. The Morgan fingerprint density at radius 1 is 1.37 bits per heavy atom. The smallest absolute Gasteiger partial charge is 0.392 e. The van der Waals surface area contributed by atoms with Crippen molar-refractivity contribution >= 4 is 11.8 Å². The average Bonchev–Trinajstić information content (AvgIpc) is 2.74. The highest BCUT2D eigenvalue weighted by Crippen LogP contribution is 2.36. The summed E-state index contributed by atoms with van der Waals surface area (Å²) in [6.07, 6.45) is -1.18. The summed E-state index contributed by atoms with van der Waals surface area (Å²) in [6.45, 7) is -0.637. The normalized spacial score (nSPS) is 11.8. The molecule has 19 heavy (non-hydrogen) atoms. The van der Waals surface area contributed by atoms with E-state index in [1.54, 1.807) is 30.1 Å². The van der Waals surface area contributed by atoms with Gasteiger partial charge in [-0.1, -0.05) is 17.8 Å². The van der Waals surface area contributed by atoms with Crippen molar-refractivity contribution < 1.29 is 18.3 Å². The van der Waals surface area contributed by atoms with Crippen LogP contribution >= 0.6 is 11.8 Å². The van der Waals surface area contributed by atoms with Gasteiger partial charge in [0.05, 0.1) is 12.2 Å². The molecular weight excluding hydrogens is 277 g/mol. The van der Waals surface area contributed by atoms with Gasteiger partial charge in [0.2, 0.25) is 0 Å². The van der Waals surface area contributed by atoms with Gasteiger partial charge in [0.15, 0.2) is 5.16 Å². The molecule has 1 aromatic carbocycles. The van der Waals surface area contributed by atoms with Crippen LogP contribution in [0.25, 0.3) is 0 Å². The number of benzene rings is 1. The van der Waals surface area contributed by atoms with Crippen LogP contribution in [0.5, 0.6) is 0 Å². The molecular formula is C12H11F3N2OS. The number of aromatic nitrogens is 2. The Bertz CT molecular complexity index is 581. The molecule has 0 radical (unpaired) electrons. The van der Waals surface area contributed by atoms with Crippen molar-refractivity contribution in [3.63, 3.8) is 0 Å². The van der Waals surface area contributed by atoms with Crippen molar-refractivity contribution in [1.82, 2.24) is 9.55 Å². The van der Waals surface area contributed by atoms with Crippen LogP contribution < -0.4 is 0 Å². The molecule has 2 rings (SSSR count). The average molecular weight is 288 g/mol. The Morgan fingerprint density at radius 3 is 2.63 bits per heavy atom. The lowest BCUT2D eigenvalue weighted by Crippen LogP contribution is -2.09. The Labute approximate surface area is 112 Å². The minimum atomic E-state index is -4.48. The van der Waals surface area contributed by atoms with Crippen LogP contribution in [0.1, 0.15) is 11.1 Å². The van der Waals surface area contributed by atoms with E-state index < -0.39 is 18.3 Å². The first-order chi connectivity index (χ1) is 8.91. The Morgan fingerprint density at radius 2 is 2.11 bits per heavy atom. The summed E-state index contributed by atoms with van der Waals surface area (Å²) in [7, 11) is 1.77. The van der Waals surface area contributed by atoms with Crippen molar-refractivity contribution in [2.24, 2.45) is 7.05 Å². The fourth-order valence-electron chi connectivity index (χ4n) is 1.58. The second kappa shape index (κ2) is 5.26. The highest BCUT2D eigenvalue weighted by Gasteiger charge is 2.33. The highest BCUT2D eigenvalue weighted by atomic mass is 32.2. The van der Waals surface area contributed by atoms with Crippen molar-refractivity contribution in [3.8, 4) is 0 Å². The zero-order valence-corrected chi connectivity index (χ0v) is 10.8. The van der Waals surface area contributed by atoms with E-state index in [4.69, 9.17) is 5.11 Å². The van der Waals surface area contributed by atoms with Gasteiger partial charge in [-0.05, 0) is 17.7 Å². The molecule has 0 saturated heterocycles. The van der Waals surface area contributed by atoms with Crippen molar-refractivity contribution in [2.75, 3.05) is 0 Å². The number of rotatable bonds is 3. The molecule has 0 aliphatic heterocycles. The van der Waals surface area contributed by atoms with Crippen LogP contribution in [0.4, 0.5) is 13.2 Å². The van der Waals surface area contributed by atoms with Crippen LogP contribution in [0.15, 0.2) is 40.6 Å². The molecule has 0 atom stereocenters. The summed E-state index contributed by atoms with van der Waals surface area (Å²) >= 11 is 1.14. The molecule has 0 aliphatic rings. The first-order valence-electron chi connectivity index (χ1n) is 5.38. The molecule has 3 nitrogen and oxygen atoms in total. The van der Waals surface area contributed by atoms with E-state index in [-0.39, 0.29) is 5.56 Å². The third-order valence-electron chi connectivity index (χ3n) is 2.54. The maximum atomic E-state index is 12.8. The quantitative estimate of drug-likeness (QED) is 0.943. The summed E-state index contributed by atoms with van der Waals surface area (Å²) in [5, 5.41) is 9.55. The van der Waals surface area contributed by atoms with Crippen LogP contribution in [0.3, 0.4) is 0 Å². The predicted octanol–water partition coefficient (Wildman–Crippen LogP) is 3.08. The predicted molar refractivity (Wildman–Crippen MR) is 64.7 cm³/mol. The van der Waals surface area contributed by atoms with Gasteiger partial charge in [0.1, 0.15) is 0 Å². The number of halogens is 3. The number of imidazole rings is 1. The monoisotopic (exact) mass is 288 g/mol. The molecule has 0 bridgehead atoms. The van der Waals surface area contributed by atoms with Gasteiger partial charge >= 0.3 is 6.18 Å². The van der Waals surface area contributed by atoms with Crippen LogP contribution in [0.2, 0.25) is 0 Å². The fraction of sp³-hybridized carbons (Fsp3) is 0.250. The molecule has 0 saturated carbocycles. The maximum absolute atomic E-state index is 12.8. The standard InChI is InChI=1S/C12H11F3N2OS/c1-17-5-4-16-11(17)19-9-3-2-8(7-18)10(6-9)12(13,14)15/h2-6,18H,7H2,1H3. The van der Waals surface area contributed by atoms with E-state index in [1.807, 2.05) is 0 Å². The molecule has 0 unspecified atom stereocenters. The second-order valence-corrected chi connectivity index (χ2v) is 4.94. The summed E-state index contributed by atoms with van der Waals surface area (Å²) in [5.74, 6) is 0. The molecule has 7 heteroatoms. The minimum absolute atomic E-state index is 0.128. The van der Waals surface area contributed by atoms with Crippen molar-refractivity contribution in [3.05, 3.63) is 41.7 Å². The highest BCUT2D eigenvalue weighted by molar-refractivity contribution is 7.99. The van der Waals surface area contributed by atoms with Crippen molar-refractivity contribution in [2.45, 2.75) is 22.8 Å². The van der Waals surface area contributed by atoms with Crippen molar-refractivity contribution in [1.29, 1.82) is 0 Å². The first-order valence-corrected chi connectivity index (χ1v) is 6.19. The molecule has 0 aliphatic carbocycles. The van der Waals surface area contributed by atoms with Gasteiger partial charge in [-0.3, -0.25) is 0 Å². The lowest BCUT2D eigenvalue weighted by atomic mass is 10.1. The summed E-state index contributed by atoms with van der Waals surface area (Å²) in [4.78, 5) is 4.47. The maximum Gasteiger partial charge on any atom is 0.416 e. The Hall–Kier alpha value is -1.47. The lowest BCUT2D eigenvalue weighted by Gasteiger charge is -2.12. The minimum Gasteiger partial charge on any atom is -0.392 e.